The first-order valence-corrected chi connectivity index (χ1v) is 5.58. The Morgan fingerprint density at radius 3 is 2.53 bits per heavy atom. The van der Waals surface area contributed by atoms with Gasteiger partial charge in [-0.15, -0.1) is 0 Å². The minimum atomic E-state index is 1.04. The first-order valence-electron chi connectivity index (χ1n) is 5.58. The summed E-state index contributed by atoms with van der Waals surface area (Å²) >= 11 is 0. The number of nitrogens with zero attached hydrogens (tertiary/aromatic N) is 3. The zero-order valence-electron chi connectivity index (χ0n) is 9.38. The largest absolute Gasteiger partial charge is 0.287 e. The number of pyridine rings is 1. The minimum absolute atomic E-state index is 1.04. The van der Waals surface area contributed by atoms with Gasteiger partial charge in [-0.25, -0.2) is 4.57 Å². The molecule has 0 fully saturated rings. The number of aryl methyl sites for hydroxylation is 1. The summed E-state index contributed by atoms with van der Waals surface area (Å²) in [6.45, 7) is 0. The predicted molar refractivity (Wildman–Crippen MR) is 66.9 cm³/mol. The molecular weight excluding hydrogens is 210 g/mol. The molecule has 0 radical (unpaired) electrons. The lowest BCUT2D eigenvalue weighted by molar-refractivity contribution is -0.647. The maximum atomic E-state index is 4.48. The summed E-state index contributed by atoms with van der Waals surface area (Å²) in [5.74, 6) is 0. The highest BCUT2D eigenvalue weighted by Crippen LogP contribution is 2.30. The lowest BCUT2D eigenvalue weighted by atomic mass is 10.0. The molecule has 4 aromatic rings. The van der Waals surface area contributed by atoms with E-state index in [1.54, 1.807) is 0 Å². The van der Waals surface area contributed by atoms with Crippen molar-refractivity contribution >= 4 is 32.6 Å². The second kappa shape index (κ2) is 2.88. The van der Waals surface area contributed by atoms with E-state index in [2.05, 4.69) is 38.8 Å². The molecule has 2 heterocycles. The molecule has 0 saturated heterocycles. The third-order valence-electron chi connectivity index (χ3n) is 3.36. The van der Waals surface area contributed by atoms with Gasteiger partial charge >= 0.3 is 0 Å². The van der Waals surface area contributed by atoms with Crippen LogP contribution in [0.1, 0.15) is 0 Å². The Bertz CT molecular complexity index is 836. The highest BCUT2D eigenvalue weighted by molar-refractivity contribution is 6.20. The summed E-state index contributed by atoms with van der Waals surface area (Å²) in [5, 5.41) is 4.84. The molecule has 4 rings (SSSR count). The number of hydrogen-bond donors (Lipinski definition) is 0. The van der Waals surface area contributed by atoms with Gasteiger partial charge in [0.1, 0.15) is 5.52 Å². The monoisotopic (exact) mass is 220 g/mol. The summed E-state index contributed by atoms with van der Waals surface area (Å²) in [4.78, 5) is 8.74. The summed E-state index contributed by atoms with van der Waals surface area (Å²) in [6, 6.07) is 8.40. The molecule has 0 unspecified atom stereocenters. The lowest BCUT2D eigenvalue weighted by Gasteiger charge is -2.06. The van der Waals surface area contributed by atoms with Gasteiger partial charge in [0.2, 0.25) is 0 Å². The van der Waals surface area contributed by atoms with E-state index >= 15 is 0 Å². The summed E-state index contributed by atoms with van der Waals surface area (Å²) in [5.41, 5.74) is 2.25. The van der Waals surface area contributed by atoms with Gasteiger partial charge < -0.3 is 0 Å². The van der Waals surface area contributed by atoms with E-state index in [0.717, 1.165) is 5.52 Å². The van der Waals surface area contributed by atoms with Gasteiger partial charge in [-0.2, -0.15) is 0 Å². The quantitative estimate of drug-likeness (QED) is 0.336. The van der Waals surface area contributed by atoms with E-state index in [4.69, 9.17) is 0 Å². The van der Waals surface area contributed by atoms with Crippen LogP contribution >= 0.6 is 0 Å². The maximum Gasteiger partial charge on any atom is 0.287 e. The van der Waals surface area contributed by atoms with Crippen molar-refractivity contribution in [1.82, 2.24) is 9.97 Å². The highest BCUT2D eigenvalue weighted by atomic mass is 15.0. The topological polar surface area (TPSA) is 29.7 Å². The maximum absolute atomic E-state index is 4.48. The molecule has 0 atom stereocenters. The molecule has 0 amide bonds. The summed E-state index contributed by atoms with van der Waals surface area (Å²) in [7, 11) is 2.02. The van der Waals surface area contributed by atoms with Crippen molar-refractivity contribution in [2.75, 3.05) is 0 Å². The van der Waals surface area contributed by atoms with Crippen molar-refractivity contribution in [3.05, 3.63) is 43.0 Å². The number of aromatic nitrogens is 3. The SMILES string of the molecule is C[n+]1cnc2ccc3cncc4ccc1c2c34. The molecule has 0 aliphatic rings. The fraction of sp³-hybridized carbons (Fsp3) is 0.0714. The van der Waals surface area contributed by atoms with E-state index in [0.29, 0.717) is 0 Å². The molecular formula is C14H10N3+. The molecule has 3 heteroatoms. The van der Waals surface area contributed by atoms with Crippen LogP contribution in [0.3, 0.4) is 0 Å². The van der Waals surface area contributed by atoms with Crippen LogP contribution in [0.2, 0.25) is 0 Å². The van der Waals surface area contributed by atoms with Crippen molar-refractivity contribution in [1.29, 1.82) is 0 Å². The van der Waals surface area contributed by atoms with Crippen LogP contribution in [0.4, 0.5) is 0 Å². The smallest absolute Gasteiger partial charge is 0.263 e. The molecule has 0 saturated carbocycles. The van der Waals surface area contributed by atoms with Crippen molar-refractivity contribution < 1.29 is 4.57 Å². The molecule has 3 nitrogen and oxygen atoms in total. The summed E-state index contributed by atoms with van der Waals surface area (Å²) < 4.78 is 2.06. The van der Waals surface area contributed by atoms with Gasteiger partial charge in [-0.1, -0.05) is 0 Å². The van der Waals surface area contributed by atoms with E-state index < -0.39 is 0 Å². The first-order chi connectivity index (χ1) is 8.34. The fourth-order valence-corrected chi connectivity index (χ4v) is 2.54. The Kier molecular flexibility index (Phi) is 1.50. The first kappa shape index (κ1) is 8.82. The van der Waals surface area contributed by atoms with Crippen LogP contribution in [0, 0.1) is 0 Å². The molecule has 0 spiro atoms. The van der Waals surface area contributed by atoms with Crippen molar-refractivity contribution in [3.8, 4) is 0 Å². The molecule has 0 aliphatic heterocycles. The standard InChI is InChI=1S/C14H10N3/c1-17-8-16-11-4-2-9-6-15-7-10-3-5-12(17)14(11)13(9)10/h2-8H,1H3/q+1. The Labute approximate surface area is 97.7 Å². The van der Waals surface area contributed by atoms with Crippen molar-refractivity contribution in [3.63, 3.8) is 0 Å². The minimum Gasteiger partial charge on any atom is -0.263 e. The van der Waals surface area contributed by atoms with E-state index in [1.807, 2.05) is 25.8 Å². The van der Waals surface area contributed by atoms with Crippen LogP contribution in [0.5, 0.6) is 0 Å². The van der Waals surface area contributed by atoms with Gasteiger partial charge in [0.25, 0.3) is 6.33 Å². The molecule has 80 valence electrons. The average molecular weight is 220 g/mol. The number of rotatable bonds is 0. The Balaban J connectivity index is 2.48. The predicted octanol–water partition coefficient (Wildman–Crippen LogP) is 2.20. The van der Waals surface area contributed by atoms with Gasteiger partial charge in [-0.3, -0.25) is 4.98 Å². The highest BCUT2D eigenvalue weighted by Gasteiger charge is 2.14. The Morgan fingerprint density at radius 2 is 1.71 bits per heavy atom. The normalized spacial score (nSPS) is 11.8. The van der Waals surface area contributed by atoms with E-state index in [-0.39, 0.29) is 0 Å². The van der Waals surface area contributed by atoms with Crippen LogP contribution in [-0.2, 0) is 7.05 Å². The van der Waals surface area contributed by atoms with Crippen LogP contribution < -0.4 is 4.57 Å². The Morgan fingerprint density at radius 1 is 0.941 bits per heavy atom. The molecule has 2 aromatic carbocycles. The van der Waals surface area contributed by atoms with Crippen molar-refractivity contribution in [2.24, 2.45) is 7.05 Å². The zero-order chi connectivity index (χ0) is 11.4. The second-order valence-electron chi connectivity index (χ2n) is 4.36. The second-order valence-corrected chi connectivity index (χ2v) is 4.36. The van der Waals surface area contributed by atoms with Gasteiger partial charge in [0.05, 0.1) is 12.4 Å². The third-order valence-corrected chi connectivity index (χ3v) is 3.36. The number of benzene rings is 2. The fourth-order valence-electron chi connectivity index (χ4n) is 2.54. The van der Waals surface area contributed by atoms with Gasteiger partial charge in [0, 0.05) is 28.6 Å². The van der Waals surface area contributed by atoms with E-state index in [9.17, 15) is 0 Å². The average Bonchev–Trinajstić information content (AvgIpc) is 2.38. The van der Waals surface area contributed by atoms with Crippen LogP contribution in [0.15, 0.2) is 43.0 Å². The van der Waals surface area contributed by atoms with Gasteiger partial charge in [-0.05, 0) is 29.2 Å². The molecule has 17 heavy (non-hydrogen) atoms. The zero-order valence-corrected chi connectivity index (χ0v) is 9.38. The number of hydrogen-bond acceptors (Lipinski definition) is 2. The van der Waals surface area contributed by atoms with Gasteiger partial charge in [0.15, 0.2) is 5.52 Å². The van der Waals surface area contributed by atoms with Crippen LogP contribution in [0.25, 0.3) is 32.6 Å². The third kappa shape index (κ3) is 1.03. The lowest BCUT2D eigenvalue weighted by Crippen LogP contribution is -2.29. The molecule has 0 aliphatic carbocycles. The summed E-state index contributed by atoms with van der Waals surface area (Å²) in [6.07, 6.45) is 5.68. The van der Waals surface area contributed by atoms with Crippen LogP contribution in [-0.4, -0.2) is 9.97 Å². The Hall–Kier alpha value is -2.29. The molecule has 0 N–H and O–H groups in total. The molecule has 0 bridgehead atoms. The van der Waals surface area contributed by atoms with E-state index in [1.165, 1.54) is 27.1 Å². The molecule has 2 aromatic heterocycles. The van der Waals surface area contributed by atoms with Crippen molar-refractivity contribution in [2.45, 2.75) is 0 Å².